The Morgan fingerprint density at radius 2 is 1.53 bits per heavy atom. The highest BCUT2D eigenvalue weighted by atomic mass is 19.4. The molecular formula is C20H13F6N3O. The number of carbonyl (C=O) groups is 1. The van der Waals surface area contributed by atoms with Crippen LogP contribution in [0.15, 0.2) is 61.3 Å². The molecule has 2 aromatic heterocycles. The van der Waals surface area contributed by atoms with Crippen LogP contribution in [0.1, 0.15) is 45.1 Å². The summed E-state index contributed by atoms with van der Waals surface area (Å²) >= 11 is 0. The van der Waals surface area contributed by atoms with Crippen molar-refractivity contribution in [2.45, 2.75) is 24.7 Å². The van der Waals surface area contributed by atoms with E-state index < -0.39 is 47.3 Å². The fraction of sp³-hybridized carbons (Fsp3) is 0.200. The predicted octanol–water partition coefficient (Wildman–Crippen LogP) is 5.31. The molecule has 0 spiro atoms. The first-order valence-electron chi connectivity index (χ1n) is 8.55. The van der Waals surface area contributed by atoms with E-state index in [2.05, 4.69) is 15.0 Å². The molecule has 0 saturated heterocycles. The summed E-state index contributed by atoms with van der Waals surface area (Å²) in [6.07, 6.45) is -5.08. The van der Waals surface area contributed by atoms with Crippen molar-refractivity contribution >= 4 is 5.78 Å². The minimum atomic E-state index is -4.76. The largest absolute Gasteiger partial charge is 0.418 e. The van der Waals surface area contributed by atoms with Gasteiger partial charge in [-0.2, -0.15) is 26.3 Å². The van der Waals surface area contributed by atoms with Crippen LogP contribution in [-0.4, -0.2) is 20.7 Å². The molecular weight excluding hydrogens is 412 g/mol. The van der Waals surface area contributed by atoms with Crippen LogP contribution >= 0.6 is 0 Å². The molecule has 4 nitrogen and oxygen atoms in total. The van der Waals surface area contributed by atoms with Crippen LogP contribution in [0, 0.1) is 0 Å². The van der Waals surface area contributed by atoms with Crippen molar-refractivity contribution in [2.75, 3.05) is 0 Å². The summed E-state index contributed by atoms with van der Waals surface area (Å²) < 4.78 is 79.1. The van der Waals surface area contributed by atoms with Gasteiger partial charge in [0.1, 0.15) is 6.33 Å². The summed E-state index contributed by atoms with van der Waals surface area (Å²) in [4.78, 5) is 23.8. The molecule has 0 unspecified atom stereocenters. The van der Waals surface area contributed by atoms with E-state index in [4.69, 9.17) is 0 Å². The molecule has 0 aliphatic carbocycles. The van der Waals surface area contributed by atoms with Crippen LogP contribution in [0.25, 0.3) is 0 Å². The van der Waals surface area contributed by atoms with Crippen molar-refractivity contribution in [3.05, 3.63) is 89.3 Å². The lowest BCUT2D eigenvalue weighted by molar-refractivity contribution is -0.139. The van der Waals surface area contributed by atoms with Crippen LogP contribution < -0.4 is 0 Å². The zero-order valence-electron chi connectivity index (χ0n) is 15.1. The summed E-state index contributed by atoms with van der Waals surface area (Å²) in [6, 6.07) is 5.54. The molecule has 0 amide bonds. The number of aromatic nitrogens is 3. The minimum absolute atomic E-state index is 0.0684. The van der Waals surface area contributed by atoms with E-state index in [-0.39, 0.29) is 11.1 Å². The van der Waals surface area contributed by atoms with Gasteiger partial charge >= 0.3 is 12.4 Å². The topological polar surface area (TPSA) is 55.7 Å². The summed E-state index contributed by atoms with van der Waals surface area (Å²) in [5.74, 6) is -1.79. The maximum Gasteiger partial charge on any atom is 0.418 e. The van der Waals surface area contributed by atoms with Gasteiger partial charge in [-0.15, -0.1) is 0 Å². The first-order chi connectivity index (χ1) is 14.1. The number of Topliss-reactive ketones (excluding diaryl/α,β-unsaturated/α-hetero) is 1. The third kappa shape index (κ3) is 4.81. The monoisotopic (exact) mass is 425 g/mol. The van der Waals surface area contributed by atoms with Crippen molar-refractivity contribution in [1.29, 1.82) is 0 Å². The third-order valence-corrected chi connectivity index (χ3v) is 4.39. The Bertz CT molecular complexity index is 1020. The Balaban J connectivity index is 2.07. The second-order valence-corrected chi connectivity index (χ2v) is 6.36. The molecule has 3 aromatic rings. The Morgan fingerprint density at radius 3 is 2.10 bits per heavy atom. The first-order valence-corrected chi connectivity index (χ1v) is 8.55. The van der Waals surface area contributed by atoms with Gasteiger partial charge in [-0.05, 0) is 29.8 Å². The molecule has 0 bridgehead atoms. The third-order valence-electron chi connectivity index (χ3n) is 4.39. The Hall–Kier alpha value is -3.30. The van der Waals surface area contributed by atoms with Crippen molar-refractivity contribution in [3.8, 4) is 0 Å². The average Bonchev–Trinajstić information content (AvgIpc) is 2.71. The summed E-state index contributed by atoms with van der Waals surface area (Å²) in [7, 11) is 0. The van der Waals surface area contributed by atoms with Crippen LogP contribution in [0.5, 0.6) is 0 Å². The van der Waals surface area contributed by atoms with Crippen LogP contribution in [0.4, 0.5) is 26.3 Å². The fourth-order valence-corrected chi connectivity index (χ4v) is 2.96. The Labute approximate surface area is 166 Å². The first kappa shape index (κ1) is 21.4. The lowest BCUT2D eigenvalue weighted by atomic mass is 9.86. The normalized spacial score (nSPS) is 13.1. The maximum absolute atomic E-state index is 13.5. The van der Waals surface area contributed by atoms with E-state index in [1.54, 1.807) is 0 Å². The number of hydrogen-bond donors (Lipinski definition) is 0. The summed E-state index contributed by atoms with van der Waals surface area (Å²) in [5, 5.41) is 0. The van der Waals surface area contributed by atoms with E-state index in [9.17, 15) is 31.1 Å². The summed E-state index contributed by atoms with van der Waals surface area (Å²) in [5.41, 5.74) is -2.30. The predicted molar refractivity (Wildman–Crippen MR) is 93.5 cm³/mol. The lowest BCUT2D eigenvalue weighted by Crippen LogP contribution is -2.17. The zero-order valence-corrected chi connectivity index (χ0v) is 15.1. The highest BCUT2D eigenvalue weighted by molar-refractivity contribution is 5.96. The second kappa shape index (κ2) is 8.21. The molecule has 0 N–H and O–H groups in total. The molecule has 0 fully saturated rings. The van der Waals surface area contributed by atoms with Gasteiger partial charge in [0.15, 0.2) is 5.78 Å². The van der Waals surface area contributed by atoms with Crippen LogP contribution in [-0.2, 0) is 12.4 Å². The van der Waals surface area contributed by atoms with E-state index in [0.29, 0.717) is 0 Å². The molecule has 1 aromatic carbocycles. The number of rotatable bonds is 5. The number of benzene rings is 1. The second-order valence-electron chi connectivity index (χ2n) is 6.36. The highest BCUT2D eigenvalue weighted by Crippen LogP contribution is 2.39. The number of hydrogen-bond acceptors (Lipinski definition) is 4. The quantitative estimate of drug-likeness (QED) is 0.411. The smallest absolute Gasteiger partial charge is 0.294 e. The van der Waals surface area contributed by atoms with Crippen molar-refractivity contribution in [3.63, 3.8) is 0 Å². The van der Waals surface area contributed by atoms with Crippen molar-refractivity contribution in [1.82, 2.24) is 15.0 Å². The number of alkyl halides is 6. The van der Waals surface area contributed by atoms with Gasteiger partial charge in [-0.1, -0.05) is 12.1 Å². The molecule has 0 radical (unpaired) electrons. The highest BCUT2D eigenvalue weighted by Gasteiger charge is 2.37. The number of nitrogens with zero attached hydrogens (tertiary/aromatic N) is 3. The molecule has 0 aliphatic rings. The zero-order chi connectivity index (χ0) is 21.9. The molecule has 156 valence electrons. The van der Waals surface area contributed by atoms with Gasteiger partial charge in [-0.3, -0.25) is 9.78 Å². The van der Waals surface area contributed by atoms with Gasteiger partial charge in [0.25, 0.3) is 0 Å². The lowest BCUT2D eigenvalue weighted by Gasteiger charge is -2.21. The molecule has 1 atom stereocenters. The standard InChI is InChI=1S/C20H13F6N3O/c21-19(22,23)14-5-3-12(4-6-14)15(8-17(30)13-9-27-11-28-10-13)18-16(20(24,25)26)2-1-7-29-18/h1-7,9-11,15H,8H2/t15-/m0/s1. The van der Waals surface area contributed by atoms with Gasteiger partial charge in [0.2, 0.25) is 0 Å². The molecule has 0 aliphatic heterocycles. The Kier molecular flexibility index (Phi) is 5.86. The molecule has 0 saturated carbocycles. The van der Waals surface area contributed by atoms with E-state index in [1.165, 1.54) is 18.7 Å². The van der Waals surface area contributed by atoms with E-state index >= 15 is 0 Å². The molecule has 30 heavy (non-hydrogen) atoms. The van der Waals surface area contributed by atoms with Crippen LogP contribution in [0.2, 0.25) is 0 Å². The van der Waals surface area contributed by atoms with Gasteiger partial charge in [-0.25, -0.2) is 9.97 Å². The number of ketones is 1. The van der Waals surface area contributed by atoms with Gasteiger partial charge < -0.3 is 0 Å². The van der Waals surface area contributed by atoms with Crippen LogP contribution in [0.3, 0.4) is 0 Å². The molecule has 3 rings (SSSR count). The maximum atomic E-state index is 13.5. The molecule has 2 heterocycles. The number of pyridine rings is 1. The fourth-order valence-electron chi connectivity index (χ4n) is 2.96. The van der Waals surface area contributed by atoms with Crippen molar-refractivity contribution < 1.29 is 31.1 Å². The average molecular weight is 425 g/mol. The van der Waals surface area contributed by atoms with Gasteiger partial charge in [0, 0.05) is 30.9 Å². The molecule has 10 heteroatoms. The summed E-state index contributed by atoms with van der Waals surface area (Å²) in [6.45, 7) is 0. The number of carbonyl (C=O) groups excluding carboxylic acids is 1. The number of halogens is 6. The Morgan fingerprint density at radius 1 is 0.900 bits per heavy atom. The van der Waals surface area contributed by atoms with Crippen molar-refractivity contribution in [2.24, 2.45) is 0 Å². The van der Waals surface area contributed by atoms with E-state index in [0.717, 1.165) is 42.6 Å². The van der Waals surface area contributed by atoms with E-state index in [1.807, 2.05) is 0 Å². The van der Waals surface area contributed by atoms with Gasteiger partial charge in [0.05, 0.1) is 22.4 Å². The SMILES string of the molecule is O=C(C[C@@H](c1ccc(C(F)(F)F)cc1)c1ncccc1C(F)(F)F)c1cncnc1. The minimum Gasteiger partial charge on any atom is -0.294 e.